The maximum Gasteiger partial charge on any atom is 0.304 e. The maximum atomic E-state index is 14.6. The Morgan fingerprint density at radius 3 is 2.21 bits per heavy atom. The van der Waals surface area contributed by atoms with Crippen molar-refractivity contribution in [1.29, 1.82) is 0 Å². The number of likely N-dealkylation sites (N-methyl/N-ethyl adjacent to an activating group) is 1. The second kappa shape index (κ2) is 12.1. The Balaban J connectivity index is 2.50. The van der Waals surface area contributed by atoms with Crippen LogP contribution in [0.5, 0.6) is 0 Å². The van der Waals surface area contributed by atoms with Gasteiger partial charge in [-0.2, -0.15) is 12.7 Å². The molecule has 0 fully saturated rings. The fourth-order valence-corrected chi connectivity index (χ4v) is 4.54. The average Bonchev–Trinajstić information content (AvgIpc) is 2.79. The van der Waals surface area contributed by atoms with Crippen LogP contribution in [-0.2, 0) is 26.3 Å². The number of anilines is 1. The molecule has 2 aromatic rings. The highest BCUT2D eigenvalue weighted by Gasteiger charge is 2.34. The Kier molecular flexibility index (Phi) is 9.84. The van der Waals surface area contributed by atoms with Gasteiger partial charge in [0.15, 0.2) is 0 Å². The van der Waals surface area contributed by atoms with Gasteiger partial charge in [0.05, 0.1) is 5.69 Å². The van der Waals surface area contributed by atoms with Crippen molar-refractivity contribution in [3.05, 3.63) is 64.9 Å². The van der Waals surface area contributed by atoms with Crippen molar-refractivity contribution >= 4 is 39.3 Å². The minimum atomic E-state index is -4.22. The van der Waals surface area contributed by atoms with E-state index in [1.165, 1.54) is 37.2 Å². The van der Waals surface area contributed by atoms with Gasteiger partial charge in [-0.25, -0.2) is 8.70 Å². The molecule has 11 heteroatoms. The second-order valence-corrected chi connectivity index (χ2v) is 10.2. The predicted octanol–water partition coefficient (Wildman–Crippen LogP) is 3.04. The monoisotopic (exact) mass is 512 g/mol. The Morgan fingerprint density at radius 1 is 1.06 bits per heavy atom. The van der Waals surface area contributed by atoms with Crippen molar-refractivity contribution in [2.75, 3.05) is 31.5 Å². The zero-order valence-corrected chi connectivity index (χ0v) is 21.2. The van der Waals surface area contributed by atoms with E-state index >= 15 is 0 Å². The summed E-state index contributed by atoms with van der Waals surface area (Å²) in [5, 5.41) is 3.23. The van der Waals surface area contributed by atoms with Gasteiger partial charge in [0.1, 0.15) is 18.4 Å². The zero-order chi connectivity index (χ0) is 25.5. The molecule has 2 rings (SSSR count). The topological polar surface area (TPSA) is 90.0 Å². The Labute approximate surface area is 205 Å². The molecule has 2 aromatic carbocycles. The summed E-state index contributed by atoms with van der Waals surface area (Å²) in [4.78, 5) is 27.6. The smallest absolute Gasteiger partial charge is 0.304 e. The molecular weight excluding hydrogens is 483 g/mol. The lowest BCUT2D eigenvalue weighted by atomic mass is 10.1. The van der Waals surface area contributed by atoms with Gasteiger partial charge in [-0.15, -0.1) is 0 Å². The molecule has 1 unspecified atom stereocenters. The summed E-state index contributed by atoms with van der Waals surface area (Å²) in [5.41, 5.74) is 0.440. The van der Waals surface area contributed by atoms with E-state index in [-0.39, 0.29) is 18.1 Å². The van der Waals surface area contributed by atoms with Gasteiger partial charge in [-0.1, -0.05) is 42.8 Å². The summed E-state index contributed by atoms with van der Waals surface area (Å²) in [5.74, 6) is -1.80. The summed E-state index contributed by atoms with van der Waals surface area (Å²) >= 11 is 5.97. The number of carbonyl (C=O) groups excluding carboxylic acids is 2. The van der Waals surface area contributed by atoms with Gasteiger partial charge >= 0.3 is 10.2 Å². The fraction of sp³-hybridized carbons (Fsp3) is 0.391. The standard InChI is InChI=1S/C23H30ClFN4O4S/c1-5-20(23(31)26-6-2)28(15-17-11-13-18(24)14-12-17)22(30)16-29(34(32,33)27(3)4)21-10-8-7-9-19(21)25/h7-14,20H,5-6,15-16H2,1-4H3,(H,26,31). The van der Waals surface area contributed by atoms with Crippen LogP contribution in [0.1, 0.15) is 25.8 Å². The van der Waals surface area contributed by atoms with Crippen LogP contribution >= 0.6 is 11.6 Å². The van der Waals surface area contributed by atoms with E-state index in [4.69, 9.17) is 11.6 Å². The van der Waals surface area contributed by atoms with E-state index in [0.29, 0.717) is 27.9 Å². The molecule has 1 atom stereocenters. The molecule has 0 heterocycles. The van der Waals surface area contributed by atoms with Crippen LogP contribution in [0, 0.1) is 5.82 Å². The first-order valence-corrected chi connectivity index (χ1v) is 12.6. The minimum absolute atomic E-state index is 0.0404. The molecule has 8 nitrogen and oxygen atoms in total. The molecule has 0 aliphatic carbocycles. The van der Waals surface area contributed by atoms with Crippen molar-refractivity contribution in [2.24, 2.45) is 0 Å². The summed E-state index contributed by atoms with van der Waals surface area (Å²) < 4.78 is 42.3. The predicted molar refractivity (Wildman–Crippen MR) is 131 cm³/mol. The zero-order valence-electron chi connectivity index (χ0n) is 19.7. The number of carbonyl (C=O) groups is 2. The van der Waals surface area contributed by atoms with E-state index in [1.54, 1.807) is 38.1 Å². The van der Waals surface area contributed by atoms with Crippen molar-refractivity contribution in [1.82, 2.24) is 14.5 Å². The molecule has 0 spiro atoms. The van der Waals surface area contributed by atoms with E-state index in [1.807, 2.05) is 0 Å². The molecule has 186 valence electrons. The number of nitrogens with one attached hydrogen (secondary N) is 1. The van der Waals surface area contributed by atoms with Crippen LogP contribution in [0.2, 0.25) is 5.02 Å². The molecular formula is C23H30ClFN4O4S. The molecule has 0 radical (unpaired) electrons. The molecule has 0 aliphatic rings. The van der Waals surface area contributed by atoms with Gasteiger partial charge < -0.3 is 10.2 Å². The van der Waals surface area contributed by atoms with Crippen LogP contribution in [0.25, 0.3) is 0 Å². The number of nitrogens with zero attached hydrogens (tertiary/aromatic N) is 3. The van der Waals surface area contributed by atoms with E-state index in [2.05, 4.69) is 5.32 Å². The van der Waals surface area contributed by atoms with Gasteiger partial charge in [-0.05, 0) is 43.2 Å². The largest absolute Gasteiger partial charge is 0.355 e. The van der Waals surface area contributed by atoms with Gasteiger partial charge in [0, 0.05) is 32.2 Å². The van der Waals surface area contributed by atoms with Crippen molar-refractivity contribution in [3.63, 3.8) is 0 Å². The normalized spacial score (nSPS) is 12.3. The Hall–Kier alpha value is -2.69. The third kappa shape index (κ3) is 6.68. The highest BCUT2D eigenvalue weighted by Crippen LogP contribution is 2.24. The van der Waals surface area contributed by atoms with Crippen LogP contribution in [0.3, 0.4) is 0 Å². The van der Waals surface area contributed by atoms with Crippen LogP contribution in [0.4, 0.5) is 10.1 Å². The van der Waals surface area contributed by atoms with Crippen molar-refractivity contribution < 1.29 is 22.4 Å². The number of para-hydroxylation sites is 1. The van der Waals surface area contributed by atoms with Crippen LogP contribution in [-0.4, -0.2) is 62.7 Å². The molecule has 0 aliphatic heterocycles. The first-order chi connectivity index (χ1) is 16.0. The van der Waals surface area contributed by atoms with Gasteiger partial charge in [0.2, 0.25) is 11.8 Å². The molecule has 34 heavy (non-hydrogen) atoms. The van der Waals surface area contributed by atoms with Crippen molar-refractivity contribution in [3.8, 4) is 0 Å². The molecule has 0 aromatic heterocycles. The van der Waals surface area contributed by atoms with E-state index in [0.717, 1.165) is 10.4 Å². The maximum absolute atomic E-state index is 14.6. The van der Waals surface area contributed by atoms with Gasteiger partial charge in [0.25, 0.3) is 0 Å². The molecule has 2 amide bonds. The average molecular weight is 513 g/mol. The van der Waals surface area contributed by atoms with E-state index < -0.39 is 34.5 Å². The molecule has 0 saturated carbocycles. The summed E-state index contributed by atoms with van der Waals surface area (Å²) in [7, 11) is -1.63. The highest BCUT2D eigenvalue weighted by atomic mass is 35.5. The van der Waals surface area contributed by atoms with Gasteiger partial charge in [-0.3, -0.25) is 9.59 Å². The summed E-state index contributed by atoms with van der Waals surface area (Å²) in [6.07, 6.45) is 0.297. The SMILES string of the molecule is CCNC(=O)C(CC)N(Cc1ccc(Cl)cc1)C(=O)CN(c1ccccc1F)S(=O)(=O)N(C)C. The third-order valence-electron chi connectivity index (χ3n) is 5.14. The van der Waals surface area contributed by atoms with Crippen molar-refractivity contribution in [2.45, 2.75) is 32.9 Å². The van der Waals surface area contributed by atoms with E-state index in [9.17, 15) is 22.4 Å². The molecule has 1 N–H and O–H groups in total. The number of halogens is 2. The molecule has 0 bridgehead atoms. The number of benzene rings is 2. The third-order valence-corrected chi connectivity index (χ3v) is 7.20. The fourth-order valence-electron chi connectivity index (χ4n) is 3.35. The Bertz CT molecular complexity index is 1100. The van der Waals surface area contributed by atoms with Crippen LogP contribution < -0.4 is 9.62 Å². The number of hydrogen-bond acceptors (Lipinski definition) is 4. The van der Waals surface area contributed by atoms with Crippen LogP contribution in [0.15, 0.2) is 48.5 Å². The first kappa shape index (κ1) is 27.6. The second-order valence-electron chi connectivity index (χ2n) is 7.71. The summed E-state index contributed by atoms with van der Waals surface area (Å²) in [6.45, 7) is 3.24. The molecule has 0 saturated heterocycles. The lowest BCUT2D eigenvalue weighted by Gasteiger charge is -2.33. The lowest BCUT2D eigenvalue weighted by molar-refractivity contribution is -0.140. The quantitative estimate of drug-likeness (QED) is 0.501. The first-order valence-electron chi connectivity index (χ1n) is 10.8. The highest BCUT2D eigenvalue weighted by molar-refractivity contribution is 7.90. The summed E-state index contributed by atoms with van der Waals surface area (Å²) in [6, 6.07) is 11.2. The number of hydrogen-bond donors (Lipinski definition) is 1. The number of rotatable bonds is 11. The number of amides is 2. The minimum Gasteiger partial charge on any atom is -0.355 e. The lowest BCUT2D eigenvalue weighted by Crippen LogP contribution is -2.53. The Morgan fingerprint density at radius 2 is 1.68 bits per heavy atom.